The van der Waals surface area contributed by atoms with Crippen molar-refractivity contribution in [3.05, 3.63) is 53.9 Å². The summed E-state index contributed by atoms with van der Waals surface area (Å²) in [5.74, 6) is -2.49. The van der Waals surface area contributed by atoms with Gasteiger partial charge >= 0.3 is 0 Å². The van der Waals surface area contributed by atoms with E-state index in [4.69, 9.17) is 4.74 Å². The van der Waals surface area contributed by atoms with Gasteiger partial charge in [-0.3, -0.25) is 9.78 Å². The smallest absolute Gasteiger partial charge is 0.274 e. The minimum atomic E-state index is -0.916. The van der Waals surface area contributed by atoms with E-state index in [0.717, 1.165) is 12.1 Å². The number of amides is 1. The highest BCUT2D eigenvalue weighted by molar-refractivity contribution is 6.02. The Bertz CT molecular complexity index is 580. The predicted molar refractivity (Wildman–Crippen MR) is 65.1 cm³/mol. The summed E-state index contributed by atoms with van der Waals surface area (Å²) in [5, 5.41) is 2.14. The second-order valence-electron chi connectivity index (χ2n) is 3.64. The summed E-state index contributed by atoms with van der Waals surface area (Å²) in [6.07, 6.45) is 1.41. The van der Waals surface area contributed by atoms with Crippen LogP contribution < -0.4 is 10.1 Å². The van der Waals surface area contributed by atoms with Crippen molar-refractivity contribution in [1.82, 2.24) is 4.98 Å². The maximum Gasteiger partial charge on any atom is 0.274 e. The van der Waals surface area contributed by atoms with Gasteiger partial charge in [0, 0.05) is 18.3 Å². The van der Waals surface area contributed by atoms with E-state index in [9.17, 15) is 13.6 Å². The Labute approximate surface area is 108 Å². The maximum atomic E-state index is 13.6. The molecule has 0 spiro atoms. The van der Waals surface area contributed by atoms with Crippen molar-refractivity contribution < 1.29 is 18.3 Å². The number of anilines is 1. The molecule has 0 radical (unpaired) electrons. The number of hydrogen-bond acceptors (Lipinski definition) is 3. The zero-order chi connectivity index (χ0) is 13.8. The fourth-order valence-electron chi connectivity index (χ4n) is 1.46. The fraction of sp³-hybridized carbons (Fsp3) is 0.0769. The summed E-state index contributed by atoms with van der Waals surface area (Å²) >= 11 is 0. The lowest BCUT2D eigenvalue weighted by atomic mass is 10.2. The third-order valence-corrected chi connectivity index (χ3v) is 2.39. The number of carbonyl (C=O) groups is 1. The molecule has 0 fully saturated rings. The molecule has 1 amide bonds. The van der Waals surface area contributed by atoms with Crippen LogP contribution >= 0.6 is 0 Å². The van der Waals surface area contributed by atoms with Gasteiger partial charge in [0.15, 0.2) is 11.6 Å². The fourth-order valence-corrected chi connectivity index (χ4v) is 1.46. The summed E-state index contributed by atoms with van der Waals surface area (Å²) in [6, 6.07) is 6.64. The first-order chi connectivity index (χ1) is 9.11. The van der Waals surface area contributed by atoms with Gasteiger partial charge in [0.25, 0.3) is 5.91 Å². The molecule has 0 bridgehead atoms. The van der Waals surface area contributed by atoms with Gasteiger partial charge in [-0.2, -0.15) is 0 Å². The zero-order valence-corrected chi connectivity index (χ0v) is 9.98. The Morgan fingerprint density at radius 3 is 2.47 bits per heavy atom. The topological polar surface area (TPSA) is 51.2 Å². The predicted octanol–water partition coefficient (Wildman–Crippen LogP) is 2.62. The molecule has 0 aliphatic heterocycles. The molecule has 1 aromatic heterocycles. The third-order valence-electron chi connectivity index (χ3n) is 2.39. The molecule has 0 saturated heterocycles. The molecular formula is C13H10F2N2O2. The van der Waals surface area contributed by atoms with Crippen LogP contribution in [-0.2, 0) is 0 Å². The van der Waals surface area contributed by atoms with E-state index in [2.05, 4.69) is 10.3 Å². The standard InChI is InChI=1S/C13H10F2N2O2/c1-19-8-6-9(14)12(10(15)7-8)17-13(18)11-4-2-3-5-16-11/h2-7H,1H3,(H,17,18). The van der Waals surface area contributed by atoms with E-state index >= 15 is 0 Å². The van der Waals surface area contributed by atoms with Crippen LogP contribution in [-0.4, -0.2) is 18.0 Å². The number of ether oxygens (including phenoxy) is 1. The van der Waals surface area contributed by atoms with E-state index < -0.39 is 23.2 Å². The van der Waals surface area contributed by atoms with Gasteiger partial charge in [-0.15, -0.1) is 0 Å². The number of hydrogen-bond donors (Lipinski definition) is 1. The highest BCUT2D eigenvalue weighted by Crippen LogP contribution is 2.25. The van der Waals surface area contributed by atoms with Crippen LogP contribution in [0.5, 0.6) is 5.75 Å². The van der Waals surface area contributed by atoms with Crippen LogP contribution in [0, 0.1) is 11.6 Å². The van der Waals surface area contributed by atoms with Crippen LogP contribution in [0.15, 0.2) is 36.5 Å². The minimum absolute atomic E-state index is 0.0332. The van der Waals surface area contributed by atoms with Crippen LogP contribution in [0.1, 0.15) is 10.5 Å². The summed E-state index contributed by atoms with van der Waals surface area (Å²) in [6.45, 7) is 0. The molecule has 6 heteroatoms. The van der Waals surface area contributed by atoms with Crippen LogP contribution in [0.2, 0.25) is 0 Å². The highest BCUT2D eigenvalue weighted by Gasteiger charge is 2.15. The van der Waals surface area contributed by atoms with Crippen molar-refractivity contribution in [2.24, 2.45) is 0 Å². The molecule has 1 heterocycles. The van der Waals surface area contributed by atoms with E-state index in [1.807, 2.05) is 0 Å². The second-order valence-corrected chi connectivity index (χ2v) is 3.64. The minimum Gasteiger partial charge on any atom is -0.497 e. The molecule has 98 valence electrons. The Hall–Kier alpha value is -2.50. The number of carbonyl (C=O) groups excluding carboxylic acids is 1. The highest BCUT2D eigenvalue weighted by atomic mass is 19.1. The quantitative estimate of drug-likeness (QED) is 0.927. The van der Waals surface area contributed by atoms with Gasteiger partial charge in [-0.05, 0) is 12.1 Å². The molecule has 0 aliphatic carbocycles. The number of pyridine rings is 1. The number of rotatable bonds is 3. The number of benzene rings is 1. The van der Waals surface area contributed by atoms with E-state index in [1.165, 1.54) is 19.4 Å². The zero-order valence-electron chi connectivity index (χ0n) is 9.98. The number of nitrogens with one attached hydrogen (secondary N) is 1. The average Bonchev–Trinajstić information content (AvgIpc) is 2.43. The lowest BCUT2D eigenvalue weighted by molar-refractivity contribution is 0.102. The Morgan fingerprint density at radius 1 is 1.26 bits per heavy atom. The van der Waals surface area contributed by atoms with E-state index in [-0.39, 0.29) is 11.4 Å². The maximum absolute atomic E-state index is 13.6. The van der Waals surface area contributed by atoms with Gasteiger partial charge < -0.3 is 10.1 Å². The van der Waals surface area contributed by atoms with E-state index in [1.54, 1.807) is 12.1 Å². The Kier molecular flexibility index (Phi) is 3.70. The average molecular weight is 264 g/mol. The largest absolute Gasteiger partial charge is 0.497 e. The Balaban J connectivity index is 2.27. The van der Waals surface area contributed by atoms with Crippen LogP contribution in [0.4, 0.5) is 14.5 Å². The van der Waals surface area contributed by atoms with E-state index in [0.29, 0.717) is 0 Å². The molecule has 0 atom stereocenters. The van der Waals surface area contributed by atoms with Gasteiger partial charge in [-0.1, -0.05) is 6.07 Å². The summed E-state index contributed by atoms with van der Waals surface area (Å²) < 4.78 is 32.0. The molecule has 1 aromatic carbocycles. The summed E-state index contributed by atoms with van der Waals surface area (Å²) in [7, 11) is 1.29. The summed E-state index contributed by atoms with van der Waals surface area (Å²) in [5.41, 5.74) is -0.464. The van der Waals surface area contributed by atoms with Crippen molar-refractivity contribution in [3.8, 4) is 5.75 Å². The molecule has 1 N–H and O–H groups in total. The number of aromatic nitrogens is 1. The SMILES string of the molecule is COc1cc(F)c(NC(=O)c2ccccn2)c(F)c1. The van der Waals surface area contributed by atoms with Gasteiger partial charge in [0.05, 0.1) is 7.11 Å². The van der Waals surface area contributed by atoms with Crippen molar-refractivity contribution >= 4 is 11.6 Å². The van der Waals surface area contributed by atoms with Gasteiger partial charge in [0.1, 0.15) is 17.1 Å². The van der Waals surface area contributed by atoms with Crippen LogP contribution in [0.3, 0.4) is 0 Å². The summed E-state index contributed by atoms with van der Waals surface area (Å²) in [4.78, 5) is 15.5. The van der Waals surface area contributed by atoms with Crippen LogP contribution in [0.25, 0.3) is 0 Å². The van der Waals surface area contributed by atoms with Crippen molar-refractivity contribution in [2.75, 3.05) is 12.4 Å². The van der Waals surface area contributed by atoms with Crippen molar-refractivity contribution in [2.45, 2.75) is 0 Å². The molecule has 2 aromatic rings. The van der Waals surface area contributed by atoms with Gasteiger partial charge in [0.2, 0.25) is 0 Å². The molecule has 0 unspecified atom stereocenters. The molecule has 19 heavy (non-hydrogen) atoms. The first kappa shape index (κ1) is 12.9. The normalized spacial score (nSPS) is 10.1. The molecule has 0 aliphatic rings. The number of halogens is 2. The van der Waals surface area contributed by atoms with Crippen molar-refractivity contribution in [3.63, 3.8) is 0 Å². The monoisotopic (exact) mass is 264 g/mol. The van der Waals surface area contributed by atoms with Gasteiger partial charge in [-0.25, -0.2) is 8.78 Å². The lowest BCUT2D eigenvalue weighted by Crippen LogP contribution is -2.15. The molecule has 4 nitrogen and oxygen atoms in total. The molecule has 2 rings (SSSR count). The van der Waals surface area contributed by atoms with Crippen molar-refractivity contribution in [1.29, 1.82) is 0 Å². The lowest BCUT2D eigenvalue weighted by Gasteiger charge is -2.08. The number of nitrogens with zero attached hydrogens (tertiary/aromatic N) is 1. The second kappa shape index (κ2) is 5.43. The number of methoxy groups -OCH3 is 1. The molecular weight excluding hydrogens is 254 g/mol. The third kappa shape index (κ3) is 2.85. The first-order valence-electron chi connectivity index (χ1n) is 5.37. The first-order valence-corrected chi connectivity index (χ1v) is 5.37. The molecule has 0 saturated carbocycles. The Morgan fingerprint density at radius 2 is 1.95 bits per heavy atom.